The fraction of sp³-hybridized carbons (Fsp3) is 0.458. The van der Waals surface area contributed by atoms with Crippen LogP contribution in [0, 0.1) is 12.8 Å². The maximum absolute atomic E-state index is 13.1. The maximum Gasteiger partial charge on any atom is 0.274 e. The van der Waals surface area contributed by atoms with Crippen LogP contribution in [0.1, 0.15) is 52.1 Å². The summed E-state index contributed by atoms with van der Waals surface area (Å²) < 4.78 is 1.58. The van der Waals surface area contributed by atoms with E-state index in [9.17, 15) is 19.5 Å². The van der Waals surface area contributed by atoms with Crippen LogP contribution in [0.15, 0.2) is 30.5 Å². The second kappa shape index (κ2) is 8.63. The molecule has 1 saturated heterocycles. The molecule has 1 aromatic carbocycles. The molecule has 5 rings (SSSR count). The van der Waals surface area contributed by atoms with Gasteiger partial charge in [-0.3, -0.25) is 19.1 Å². The highest BCUT2D eigenvalue weighted by atomic mass is 35.5. The first-order valence-electron chi connectivity index (χ1n) is 11.6. The van der Waals surface area contributed by atoms with Crippen molar-refractivity contribution < 1.29 is 19.5 Å². The number of β-amino-alcohol motifs (C(OH)–C–C–N with tert-alkyl or cyclic N) is 1. The van der Waals surface area contributed by atoms with Crippen molar-refractivity contribution in [2.45, 2.75) is 38.2 Å². The van der Waals surface area contributed by atoms with Gasteiger partial charge in [-0.2, -0.15) is 0 Å². The Morgan fingerprint density at radius 1 is 1.24 bits per heavy atom. The number of aliphatic hydroxyl groups is 1. The number of piperidine rings is 1. The number of fused-ring (bicyclic) bond motifs is 1. The zero-order chi connectivity index (χ0) is 24.0. The molecule has 0 spiro atoms. The third kappa shape index (κ3) is 4.50. The van der Waals surface area contributed by atoms with E-state index >= 15 is 0 Å². The Bertz CT molecular complexity index is 1150. The van der Waals surface area contributed by atoms with Gasteiger partial charge in [-0.05, 0) is 56.4 Å². The number of aromatic nitrogens is 1. The maximum atomic E-state index is 13.1. The molecular weight excluding hydrogens is 458 g/mol. The van der Waals surface area contributed by atoms with Crippen molar-refractivity contribution in [3.05, 3.63) is 52.3 Å². The number of anilines is 1. The average molecular weight is 486 g/mol. The van der Waals surface area contributed by atoms with Crippen LogP contribution < -0.4 is 10.7 Å². The van der Waals surface area contributed by atoms with Gasteiger partial charge in [0.25, 0.3) is 11.8 Å². The molecule has 3 N–H and O–H groups in total. The fourth-order valence-corrected chi connectivity index (χ4v) is 4.71. The predicted molar refractivity (Wildman–Crippen MR) is 127 cm³/mol. The van der Waals surface area contributed by atoms with E-state index in [0.717, 1.165) is 18.4 Å². The molecule has 0 unspecified atom stereocenters. The van der Waals surface area contributed by atoms with E-state index in [-0.39, 0.29) is 36.9 Å². The first-order valence-corrected chi connectivity index (χ1v) is 11.9. The second-order valence-corrected chi connectivity index (χ2v) is 9.95. The van der Waals surface area contributed by atoms with Crippen molar-refractivity contribution in [1.29, 1.82) is 0 Å². The number of hydrogen-bond acceptors (Lipinski definition) is 5. The molecule has 1 aliphatic carbocycles. The largest absolute Gasteiger partial charge is 0.388 e. The van der Waals surface area contributed by atoms with Crippen LogP contribution in [-0.4, -0.2) is 69.2 Å². The van der Waals surface area contributed by atoms with E-state index in [1.54, 1.807) is 40.0 Å². The number of aryl methyl sites for hydroxylation is 1. The molecule has 180 valence electrons. The lowest BCUT2D eigenvalue weighted by Crippen LogP contribution is -2.56. The van der Waals surface area contributed by atoms with Crippen molar-refractivity contribution in [2.75, 3.05) is 37.0 Å². The summed E-state index contributed by atoms with van der Waals surface area (Å²) in [5.74, 6) is -0.193. The number of halogens is 1. The van der Waals surface area contributed by atoms with Gasteiger partial charge in [-0.25, -0.2) is 0 Å². The van der Waals surface area contributed by atoms with Crippen molar-refractivity contribution in [2.24, 2.45) is 5.92 Å². The molecule has 34 heavy (non-hydrogen) atoms. The van der Waals surface area contributed by atoms with E-state index in [4.69, 9.17) is 11.6 Å². The summed E-state index contributed by atoms with van der Waals surface area (Å²) in [7, 11) is 0. The SMILES string of the molecule is Cc1ccc(C(=O)Nc2cc3n(c2)NCN(CC2(O)CCN(C(=O)C4CC4)CC2)C3=O)cc1Cl. The lowest BCUT2D eigenvalue weighted by atomic mass is 9.90. The standard InChI is InChI=1S/C24H28ClN5O4/c1-15-2-3-17(10-19(15)25)21(31)27-18-11-20-23(33)29(14-26-30(20)12-18)13-24(34)6-8-28(9-7-24)22(32)16-4-5-16/h2-3,10-12,16,26,34H,4-9,13-14H2,1H3,(H,27,31). The molecule has 2 aliphatic heterocycles. The molecule has 3 heterocycles. The lowest BCUT2D eigenvalue weighted by Gasteiger charge is -2.42. The molecule has 1 aromatic heterocycles. The van der Waals surface area contributed by atoms with Gasteiger partial charge in [0.05, 0.1) is 24.0 Å². The monoisotopic (exact) mass is 485 g/mol. The van der Waals surface area contributed by atoms with Crippen LogP contribution in [0.4, 0.5) is 5.69 Å². The molecule has 10 heteroatoms. The summed E-state index contributed by atoms with van der Waals surface area (Å²) in [5, 5.41) is 14.4. The number of benzene rings is 1. The molecule has 2 fully saturated rings. The summed E-state index contributed by atoms with van der Waals surface area (Å²) in [6, 6.07) is 6.69. The third-order valence-corrected chi connectivity index (χ3v) is 7.27. The first kappa shape index (κ1) is 22.7. The molecule has 2 aromatic rings. The summed E-state index contributed by atoms with van der Waals surface area (Å²) in [6.45, 7) is 3.30. The second-order valence-electron chi connectivity index (χ2n) is 9.55. The third-order valence-electron chi connectivity index (χ3n) is 6.87. The van der Waals surface area contributed by atoms with E-state index in [2.05, 4.69) is 10.7 Å². The van der Waals surface area contributed by atoms with Gasteiger partial charge in [-0.15, -0.1) is 0 Å². The van der Waals surface area contributed by atoms with Crippen molar-refractivity contribution in [3.8, 4) is 0 Å². The zero-order valence-electron chi connectivity index (χ0n) is 19.0. The number of nitrogens with zero attached hydrogens (tertiary/aromatic N) is 3. The summed E-state index contributed by atoms with van der Waals surface area (Å²) in [4.78, 5) is 41.4. The highest BCUT2D eigenvalue weighted by Gasteiger charge is 2.41. The highest BCUT2D eigenvalue weighted by Crippen LogP contribution is 2.33. The van der Waals surface area contributed by atoms with Crippen LogP contribution >= 0.6 is 11.6 Å². The molecule has 0 radical (unpaired) electrons. The van der Waals surface area contributed by atoms with Crippen molar-refractivity contribution >= 4 is 35.0 Å². The van der Waals surface area contributed by atoms with Crippen LogP contribution in [0.2, 0.25) is 5.02 Å². The van der Waals surface area contributed by atoms with Gasteiger partial charge in [0.15, 0.2) is 0 Å². The number of carbonyl (C=O) groups is 3. The molecule has 0 atom stereocenters. The molecule has 3 amide bonds. The molecule has 9 nitrogen and oxygen atoms in total. The average Bonchev–Trinajstić information content (AvgIpc) is 3.58. The quantitative estimate of drug-likeness (QED) is 0.603. The van der Waals surface area contributed by atoms with Crippen LogP contribution in [0.25, 0.3) is 0 Å². The van der Waals surface area contributed by atoms with Gasteiger partial charge < -0.3 is 25.6 Å². The van der Waals surface area contributed by atoms with Gasteiger partial charge in [-0.1, -0.05) is 17.7 Å². The Morgan fingerprint density at radius 2 is 1.97 bits per heavy atom. The molecule has 0 bridgehead atoms. The van der Waals surface area contributed by atoms with Crippen molar-refractivity contribution in [3.63, 3.8) is 0 Å². The number of amides is 3. The Hall–Kier alpha value is -3.04. The van der Waals surface area contributed by atoms with E-state index in [1.165, 1.54) is 0 Å². The smallest absolute Gasteiger partial charge is 0.274 e. The summed E-state index contributed by atoms with van der Waals surface area (Å²) in [5.41, 5.74) is 4.25. The summed E-state index contributed by atoms with van der Waals surface area (Å²) in [6.07, 6.45) is 4.46. The minimum absolute atomic E-state index is 0.171. The van der Waals surface area contributed by atoms with Crippen LogP contribution in [-0.2, 0) is 4.79 Å². The lowest BCUT2D eigenvalue weighted by molar-refractivity contribution is -0.137. The van der Waals surface area contributed by atoms with Gasteiger partial charge in [0.1, 0.15) is 12.4 Å². The van der Waals surface area contributed by atoms with Gasteiger partial charge in [0.2, 0.25) is 5.91 Å². The number of likely N-dealkylation sites (tertiary alicyclic amines) is 1. The first-order chi connectivity index (χ1) is 16.2. The number of nitrogens with one attached hydrogen (secondary N) is 2. The van der Waals surface area contributed by atoms with Crippen molar-refractivity contribution in [1.82, 2.24) is 14.5 Å². The van der Waals surface area contributed by atoms with E-state index in [0.29, 0.717) is 47.9 Å². The minimum atomic E-state index is -1.03. The zero-order valence-corrected chi connectivity index (χ0v) is 19.8. The van der Waals surface area contributed by atoms with Gasteiger partial charge in [0, 0.05) is 29.6 Å². The summed E-state index contributed by atoms with van der Waals surface area (Å²) >= 11 is 6.13. The topological polar surface area (TPSA) is 107 Å². The molecular formula is C24H28ClN5O4. The molecule has 1 saturated carbocycles. The van der Waals surface area contributed by atoms with Crippen LogP contribution in [0.3, 0.4) is 0 Å². The fourth-order valence-electron chi connectivity index (χ4n) is 4.53. The Kier molecular flexibility index (Phi) is 5.77. The number of rotatable bonds is 5. The van der Waals surface area contributed by atoms with Crippen LogP contribution in [0.5, 0.6) is 0 Å². The minimum Gasteiger partial charge on any atom is -0.388 e. The number of carbonyl (C=O) groups excluding carboxylic acids is 3. The highest BCUT2D eigenvalue weighted by molar-refractivity contribution is 6.31. The molecule has 3 aliphatic rings. The normalized spacial score (nSPS) is 19.4. The predicted octanol–water partition coefficient (Wildman–Crippen LogP) is 2.42. The van der Waals surface area contributed by atoms with E-state index in [1.807, 2.05) is 11.8 Å². The van der Waals surface area contributed by atoms with Gasteiger partial charge >= 0.3 is 0 Å². The number of hydrogen-bond donors (Lipinski definition) is 3. The Morgan fingerprint density at radius 3 is 2.65 bits per heavy atom. The van der Waals surface area contributed by atoms with E-state index < -0.39 is 5.60 Å². The Balaban J connectivity index is 1.21. The Labute approximate surface area is 202 Å².